The molecule has 0 spiro atoms. The number of nitrogens with one attached hydrogen (secondary N) is 2. The van der Waals surface area contributed by atoms with Crippen LogP contribution in [-0.4, -0.2) is 24.3 Å². The molecule has 124 valence electrons. The van der Waals surface area contributed by atoms with Crippen LogP contribution in [0.4, 0.5) is 5.69 Å². The van der Waals surface area contributed by atoms with Gasteiger partial charge in [-0.1, -0.05) is 15.9 Å². The van der Waals surface area contributed by atoms with Gasteiger partial charge in [0.2, 0.25) is 11.8 Å². The van der Waals surface area contributed by atoms with E-state index in [0.717, 1.165) is 4.47 Å². The van der Waals surface area contributed by atoms with E-state index in [2.05, 4.69) is 26.6 Å². The molecule has 0 aliphatic heterocycles. The first-order valence-electron chi connectivity index (χ1n) is 7.19. The largest absolute Gasteiger partial charge is 0.366 e. The lowest BCUT2D eigenvalue weighted by atomic mass is 10.2. The van der Waals surface area contributed by atoms with Gasteiger partial charge in [0.15, 0.2) is 0 Å². The molecule has 2 aromatic rings. The molecule has 0 saturated heterocycles. The second kappa shape index (κ2) is 8.26. The first kappa shape index (κ1) is 17.7. The van der Waals surface area contributed by atoms with Gasteiger partial charge in [-0.05, 0) is 48.5 Å². The SMILES string of the molecule is NC(=O)c1ccc(NC(=O)CCNC(=O)c2ccc(Br)cc2)cc1. The predicted octanol–water partition coefficient (Wildman–Crippen LogP) is 2.31. The van der Waals surface area contributed by atoms with Crippen molar-refractivity contribution in [3.05, 3.63) is 64.1 Å². The molecular formula is C17H16BrN3O3. The standard InChI is InChI=1S/C17H16BrN3O3/c18-13-5-1-12(2-6-13)17(24)20-10-9-15(22)21-14-7-3-11(4-8-14)16(19)23/h1-8H,9-10H2,(H2,19,23)(H,20,24)(H,21,22). The molecule has 2 rings (SSSR count). The maximum Gasteiger partial charge on any atom is 0.251 e. The van der Waals surface area contributed by atoms with Crippen LogP contribution in [0.1, 0.15) is 27.1 Å². The number of halogens is 1. The van der Waals surface area contributed by atoms with E-state index in [1.165, 1.54) is 12.1 Å². The van der Waals surface area contributed by atoms with Crippen LogP contribution in [-0.2, 0) is 4.79 Å². The van der Waals surface area contributed by atoms with E-state index in [4.69, 9.17) is 5.73 Å². The molecule has 0 atom stereocenters. The van der Waals surface area contributed by atoms with E-state index in [9.17, 15) is 14.4 Å². The Balaban J connectivity index is 1.77. The minimum atomic E-state index is -0.525. The van der Waals surface area contributed by atoms with Crippen molar-refractivity contribution < 1.29 is 14.4 Å². The van der Waals surface area contributed by atoms with Crippen molar-refractivity contribution >= 4 is 39.3 Å². The molecule has 0 radical (unpaired) electrons. The number of primary amides is 1. The summed E-state index contributed by atoms with van der Waals surface area (Å²) >= 11 is 3.30. The summed E-state index contributed by atoms with van der Waals surface area (Å²) in [5.74, 6) is -0.998. The van der Waals surface area contributed by atoms with Gasteiger partial charge in [-0.3, -0.25) is 14.4 Å². The summed E-state index contributed by atoms with van der Waals surface area (Å²) in [6.07, 6.45) is 0.139. The van der Waals surface area contributed by atoms with Crippen LogP contribution in [0.5, 0.6) is 0 Å². The number of anilines is 1. The van der Waals surface area contributed by atoms with Gasteiger partial charge >= 0.3 is 0 Å². The van der Waals surface area contributed by atoms with Gasteiger partial charge in [-0.2, -0.15) is 0 Å². The number of carbonyl (C=O) groups excluding carboxylic acids is 3. The molecule has 0 aliphatic carbocycles. The zero-order valence-corrected chi connectivity index (χ0v) is 14.3. The predicted molar refractivity (Wildman–Crippen MR) is 94.7 cm³/mol. The topological polar surface area (TPSA) is 101 Å². The van der Waals surface area contributed by atoms with Crippen molar-refractivity contribution in [2.75, 3.05) is 11.9 Å². The van der Waals surface area contributed by atoms with Gasteiger partial charge in [-0.25, -0.2) is 0 Å². The molecule has 0 bridgehead atoms. The van der Waals surface area contributed by atoms with Crippen molar-refractivity contribution in [3.63, 3.8) is 0 Å². The number of rotatable bonds is 6. The number of nitrogens with two attached hydrogens (primary N) is 1. The van der Waals surface area contributed by atoms with E-state index in [0.29, 0.717) is 16.8 Å². The lowest BCUT2D eigenvalue weighted by molar-refractivity contribution is -0.116. The van der Waals surface area contributed by atoms with Crippen LogP contribution in [0.25, 0.3) is 0 Å². The first-order valence-corrected chi connectivity index (χ1v) is 7.98. The molecule has 0 aliphatic rings. The van der Waals surface area contributed by atoms with Crippen molar-refractivity contribution in [2.24, 2.45) is 5.73 Å². The van der Waals surface area contributed by atoms with Crippen LogP contribution >= 0.6 is 15.9 Å². The number of hydrogen-bond acceptors (Lipinski definition) is 3. The van der Waals surface area contributed by atoms with E-state index in [1.807, 2.05) is 0 Å². The normalized spacial score (nSPS) is 10.0. The fourth-order valence-electron chi connectivity index (χ4n) is 1.93. The molecule has 0 heterocycles. The number of amides is 3. The molecule has 24 heavy (non-hydrogen) atoms. The molecule has 0 aromatic heterocycles. The average Bonchev–Trinajstić information content (AvgIpc) is 2.55. The maximum absolute atomic E-state index is 11.9. The Morgan fingerprint density at radius 3 is 2.08 bits per heavy atom. The van der Waals surface area contributed by atoms with E-state index in [1.54, 1.807) is 36.4 Å². The van der Waals surface area contributed by atoms with Crippen LogP contribution in [0, 0.1) is 0 Å². The lowest BCUT2D eigenvalue weighted by Gasteiger charge is -2.07. The van der Waals surface area contributed by atoms with Crippen LogP contribution in [0.2, 0.25) is 0 Å². The highest BCUT2D eigenvalue weighted by molar-refractivity contribution is 9.10. The molecule has 0 fully saturated rings. The minimum absolute atomic E-state index is 0.139. The van der Waals surface area contributed by atoms with Crippen molar-refractivity contribution in [1.82, 2.24) is 5.32 Å². The van der Waals surface area contributed by atoms with Crippen LogP contribution in [0.3, 0.4) is 0 Å². The summed E-state index contributed by atoms with van der Waals surface area (Å²) in [5.41, 5.74) is 6.60. The lowest BCUT2D eigenvalue weighted by Crippen LogP contribution is -2.27. The Bertz CT molecular complexity index is 743. The zero-order valence-electron chi connectivity index (χ0n) is 12.7. The van der Waals surface area contributed by atoms with Crippen molar-refractivity contribution in [3.8, 4) is 0 Å². The molecule has 2 aromatic carbocycles. The fraction of sp³-hybridized carbons (Fsp3) is 0.118. The van der Waals surface area contributed by atoms with E-state index >= 15 is 0 Å². The summed E-state index contributed by atoms with van der Waals surface area (Å²) < 4.78 is 0.890. The number of carbonyl (C=O) groups is 3. The third-order valence-corrected chi connectivity index (χ3v) is 3.73. The summed E-state index contributed by atoms with van der Waals surface area (Å²) in [6.45, 7) is 0.222. The molecule has 0 saturated carbocycles. The Morgan fingerprint density at radius 2 is 1.50 bits per heavy atom. The van der Waals surface area contributed by atoms with Gasteiger partial charge in [0.05, 0.1) is 0 Å². The minimum Gasteiger partial charge on any atom is -0.366 e. The smallest absolute Gasteiger partial charge is 0.251 e. The second-order valence-electron chi connectivity index (χ2n) is 5.00. The van der Waals surface area contributed by atoms with Gasteiger partial charge in [0.25, 0.3) is 5.91 Å². The number of hydrogen-bond donors (Lipinski definition) is 3. The van der Waals surface area contributed by atoms with E-state index < -0.39 is 5.91 Å². The summed E-state index contributed by atoms with van der Waals surface area (Å²) in [6, 6.07) is 13.2. The van der Waals surface area contributed by atoms with Gasteiger partial charge in [0.1, 0.15) is 0 Å². The Morgan fingerprint density at radius 1 is 0.917 bits per heavy atom. The number of benzene rings is 2. The molecule has 7 heteroatoms. The highest BCUT2D eigenvalue weighted by atomic mass is 79.9. The summed E-state index contributed by atoms with van der Waals surface area (Å²) in [5, 5.41) is 5.36. The van der Waals surface area contributed by atoms with Crippen molar-refractivity contribution in [2.45, 2.75) is 6.42 Å². The molecule has 0 unspecified atom stereocenters. The Kier molecular flexibility index (Phi) is 6.08. The molecular weight excluding hydrogens is 374 g/mol. The van der Waals surface area contributed by atoms with Crippen molar-refractivity contribution in [1.29, 1.82) is 0 Å². The second-order valence-corrected chi connectivity index (χ2v) is 5.92. The third-order valence-electron chi connectivity index (χ3n) is 3.20. The average molecular weight is 390 g/mol. The quantitative estimate of drug-likeness (QED) is 0.706. The highest BCUT2D eigenvalue weighted by Crippen LogP contribution is 2.11. The zero-order chi connectivity index (χ0) is 17.5. The monoisotopic (exact) mass is 389 g/mol. The van der Waals surface area contributed by atoms with Gasteiger partial charge < -0.3 is 16.4 Å². The van der Waals surface area contributed by atoms with Gasteiger partial charge in [-0.15, -0.1) is 0 Å². The molecule has 4 N–H and O–H groups in total. The first-order chi connectivity index (χ1) is 11.5. The van der Waals surface area contributed by atoms with Crippen LogP contribution in [0.15, 0.2) is 53.0 Å². The summed E-state index contributed by atoms with van der Waals surface area (Å²) in [4.78, 5) is 34.7. The molecule has 3 amide bonds. The third kappa shape index (κ3) is 5.20. The molecule has 6 nitrogen and oxygen atoms in total. The van der Waals surface area contributed by atoms with Crippen LogP contribution < -0.4 is 16.4 Å². The highest BCUT2D eigenvalue weighted by Gasteiger charge is 2.07. The maximum atomic E-state index is 11.9. The Labute approximate surface area is 147 Å². The van der Waals surface area contributed by atoms with Gasteiger partial charge in [0, 0.05) is 34.3 Å². The van der Waals surface area contributed by atoms with E-state index in [-0.39, 0.29) is 24.8 Å². The Hall–Kier alpha value is -2.67. The summed E-state index contributed by atoms with van der Waals surface area (Å²) in [7, 11) is 0. The fourth-order valence-corrected chi connectivity index (χ4v) is 2.20.